The Bertz CT molecular complexity index is 1620. The van der Waals surface area contributed by atoms with E-state index in [4.69, 9.17) is 15.2 Å². The molecular weight excluding hydrogens is 543 g/mol. The van der Waals surface area contributed by atoms with Crippen LogP contribution in [0.3, 0.4) is 0 Å². The number of carbonyl (C=O) groups excluding carboxylic acids is 1. The number of allylic oxidation sites excluding steroid dienone is 3. The number of carbonyl (C=O) groups is 1. The van der Waals surface area contributed by atoms with E-state index >= 15 is 0 Å². The van der Waals surface area contributed by atoms with E-state index in [9.17, 15) is 23.2 Å². The maximum Gasteiger partial charge on any atom is 0.416 e. The van der Waals surface area contributed by atoms with Crippen LogP contribution in [0.4, 0.5) is 18.9 Å². The number of aryl methyl sites for hydroxylation is 1. The summed E-state index contributed by atoms with van der Waals surface area (Å²) in [6, 6.07) is 20.1. The molecular formula is C33H30F3N3O3. The summed E-state index contributed by atoms with van der Waals surface area (Å²) in [6.45, 7) is 2.25. The van der Waals surface area contributed by atoms with Crippen molar-refractivity contribution in [1.82, 2.24) is 0 Å². The van der Waals surface area contributed by atoms with Gasteiger partial charge < -0.3 is 15.2 Å². The van der Waals surface area contributed by atoms with Gasteiger partial charge in [-0.1, -0.05) is 31.2 Å². The van der Waals surface area contributed by atoms with Crippen molar-refractivity contribution in [2.75, 3.05) is 12.0 Å². The Hall–Kier alpha value is -4.71. The second-order valence-corrected chi connectivity index (χ2v) is 10.2. The quantitative estimate of drug-likeness (QED) is 0.323. The first kappa shape index (κ1) is 28.8. The summed E-state index contributed by atoms with van der Waals surface area (Å²) in [6.07, 6.45) is -2.44. The Balaban J connectivity index is 1.58. The number of anilines is 1. The molecule has 3 aromatic rings. The minimum absolute atomic E-state index is 0.0000866. The highest BCUT2D eigenvalue weighted by Gasteiger charge is 2.41. The number of hydrogen-bond donors (Lipinski definition) is 1. The van der Waals surface area contributed by atoms with Crippen LogP contribution in [0.5, 0.6) is 11.5 Å². The Morgan fingerprint density at radius 3 is 2.50 bits per heavy atom. The van der Waals surface area contributed by atoms with Crippen molar-refractivity contribution in [2.24, 2.45) is 5.73 Å². The molecule has 0 saturated heterocycles. The summed E-state index contributed by atoms with van der Waals surface area (Å²) in [7, 11) is 1.55. The topological polar surface area (TPSA) is 88.6 Å². The average Bonchev–Trinajstić information content (AvgIpc) is 2.99. The average molecular weight is 574 g/mol. The van der Waals surface area contributed by atoms with Gasteiger partial charge in [0.1, 0.15) is 23.9 Å². The van der Waals surface area contributed by atoms with E-state index in [0.717, 1.165) is 18.6 Å². The second kappa shape index (κ2) is 11.6. The summed E-state index contributed by atoms with van der Waals surface area (Å²) < 4.78 is 52.3. The maximum atomic E-state index is 13.6. The van der Waals surface area contributed by atoms with E-state index in [0.29, 0.717) is 46.7 Å². The third-order valence-corrected chi connectivity index (χ3v) is 7.71. The molecule has 9 heteroatoms. The monoisotopic (exact) mass is 573 g/mol. The van der Waals surface area contributed by atoms with Crippen LogP contribution < -0.4 is 20.1 Å². The predicted molar refractivity (Wildman–Crippen MR) is 153 cm³/mol. The standard InChI is InChI=1S/C33H30F3N3O3/c1-3-20-10-13-25(14-11-20)42-19-22-16-21(12-15-29(22)41-2)30-26(18-37)32(38)39(27-8-5-9-28(40)31(27)30)24-7-4-6-23(17-24)33(34,35)36/h4,6-7,10-17,30H,3,5,8-9,19,38H2,1-2H3/t30-/m0/s1. The summed E-state index contributed by atoms with van der Waals surface area (Å²) in [5.41, 5.74) is 9.37. The summed E-state index contributed by atoms with van der Waals surface area (Å²) in [5, 5.41) is 10.3. The molecule has 2 N–H and O–H groups in total. The molecule has 1 heterocycles. The van der Waals surface area contributed by atoms with Crippen molar-refractivity contribution < 1.29 is 27.4 Å². The number of alkyl halides is 3. The van der Waals surface area contributed by atoms with Crippen LogP contribution >= 0.6 is 0 Å². The fourth-order valence-electron chi connectivity index (χ4n) is 5.61. The number of hydrogen-bond acceptors (Lipinski definition) is 6. The number of methoxy groups -OCH3 is 1. The first-order valence-electron chi connectivity index (χ1n) is 13.7. The highest BCUT2D eigenvalue weighted by Crippen LogP contribution is 2.47. The molecule has 6 nitrogen and oxygen atoms in total. The van der Waals surface area contributed by atoms with Crippen LogP contribution in [0.2, 0.25) is 0 Å². The Kier molecular flexibility index (Phi) is 7.99. The number of benzene rings is 3. The smallest absolute Gasteiger partial charge is 0.416 e. The predicted octanol–water partition coefficient (Wildman–Crippen LogP) is 7.16. The number of rotatable bonds is 7. The highest BCUT2D eigenvalue weighted by atomic mass is 19.4. The molecule has 0 spiro atoms. The third kappa shape index (κ3) is 5.45. The number of nitriles is 1. The maximum absolute atomic E-state index is 13.6. The van der Waals surface area contributed by atoms with Crippen LogP contribution in [-0.4, -0.2) is 12.9 Å². The van der Waals surface area contributed by atoms with Crippen LogP contribution in [0.1, 0.15) is 54.4 Å². The van der Waals surface area contributed by atoms with Crippen molar-refractivity contribution in [3.05, 3.63) is 112 Å². The van der Waals surface area contributed by atoms with Crippen molar-refractivity contribution >= 4 is 11.5 Å². The zero-order chi connectivity index (χ0) is 30.0. The van der Waals surface area contributed by atoms with E-state index in [2.05, 4.69) is 13.0 Å². The molecule has 0 fully saturated rings. The number of nitrogens with zero attached hydrogens (tertiary/aromatic N) is 2. The highest BCUT2D eigenvalue weighted by molar-refractivity contribution is 6.01. The largest absolute Gasteiger partial charge is 0.496 e. The Morgan fingerprint density at radius 1 is 1.07 bits per heavy atom. The van der Waals surface area contributed by atoms with Gasteiger partial charge in [-0.25, -0.2) is 0 Å². The van der Waals surface area contributed by atoms with Gasteiger partial charge in [-0.15, -0.1) is 0 Å². The first-order chi connectivity index (χ1) is 20.2. The van der Waals surface area contributed by atoms with E-state index in [1.165, 1.54) is 22.6 Å². The lowest BCUT2D eigenvalue weighted by molar-refractivity contribution is -0.137. The lowest BCUT2D eigenvalue weighted by atomic mass is 9.75. The second-order valence-electron chi connectivity index (χ2n) is 10.2. The number of ketones is 1. The Labute approximate surface area is 242 Å². The molecule has 3 aromatic carbocycles. The molecule has 0 amide bonds. The molecule has 1 atom stereocenters. The van der Waals surface area contributed by atoms with Gasteiger partial charge in [0.05, 0.1) is 30.2 Å². The van der Waals surface area contributed by atoms with E-state index in [-0.39, 0.29) is 35.9 Å². The number of Topliss-reactive ketones (excluding diaryl/α,β-unsaturated/α-hetero) is 1. The normalized spacial score (nSPS) is 17.2. The lowest BCUT2D eigenvalue weighted by Gasteiger charge is -2.40. The van der Waals surface area contributed by atoms with E-state index in [1.807, 2.05) is 30.3 Å². The molecule has 1 aliphatic carbocycles. The zero-order valence-electron chi connectivity index (χ0n) is 23.3. The molecule has 0 saturated carbocycles. The van der Waals surface area contributed by atoms with Gasteiger partial charge in [0.2, 0.25) is 0 Å². The molecule has 2 aliphatic rings. The molecule has 0 unspecified atom stereocenters. The number of ether oxygens (including phenoxy) is 2. The summed E-state index contributed by atoms with van der Waals surface area (Å²) in [4.78, 5) is 14.9. The minimum atomic E-state index is -4.57. The SMILES string of the molecule is CCc1ccc(OCc2cc([C@H]3C(C#N)=C(N)N(c4cccc(C(F)(F)F)c4)C4=C3C(=O)CCC4)ccc2OC)cc1. The van der Waals surface area contributed by atoms with Crippen LogP contribution in [-0.2, 0) is 24.0 Å². The van der Waals surface area contributed by atoms with Crippen LogP contribution in [0, 0.1) is 11.3 Å². The number of nitrogens with two attached hydrogens (primary N) is 1. The van der Waals surface area contributed by atoms with E-state index in [1.54, 1.807) is 19.2 Å². The third-order valence-electron chi connectivity index (χ3n) is 7.71. The van der Waals surface area contributed by atoms with Crippen molar-refractivity contribution in [2.45, 2.75) is 51.3 Å². The molecule has 216 valence electrons. The van der Waals surface area contributed by atoms with Gasteiger partial charge in [-0.3, -0.25) is 9.69 Å². The molecule has 0 radical (unpaired) electrons. The first-order valence-corrected chi connectivity index (χ1v) is 13.7. The summed E-state index contributed by atoms with van der Waals surface area (Å²) in [5.74, 6) is 0.310. The van der Waals surface area contributed by atoms with Crippen molar-refractivity contribution in [3.63, 3.8) is 0 Å². The fourth-order valence-corrected chi connectivity index (χ4v) is 5.61. The van der Waals surface area contributed by atoms with Crippen molar-refractivity contribution in [1.29, 1.82) is 5.26 Å². The Morgan fingerprint density at radius 2 is 1.83 bits per heavy atom. The van der Waals surface area contributed by atoms with Crippen LogP contribution in [0.25, 0.3) is 0 Å². The number of halogens is 3. The van der Waals surface area contributed by atoms with Crippen LogP contribution in [0.15, 0.2) is 89.4 Å². The van der Waals surface area contributed by atoms with Gasteiger partial charge in [-0.2, -0.15) is 18.4 Å². The molecule has 5 rings (SSSR count). The molecule has 0 bridgehead atoms. The van der Waals surface area contributed by atoms with Gasteiger partial charge in [-0.05, 0) is 72.9 Å². The molecule has 1 aliphatic heterocycles. The van der Waals surface area contributed by atoms with Gasteiger partial charge in [0, 0.05) is 28.9 Å². The zero-order valence-corrected chi connectivity index (χ0v) is 23.3. The summed E-state index contributed by atoms with van der Waals surface area (Å²) >= 11 is 0. The van der Waals surface area contributed by atoms with Gasteiger partial charge in [0.25, 0.3) is 0 Å². The molecule has 0 aromatic heterocycles. The fraction of sp³-hybridized carbons (Fsp3) is 0.273. The van der Waals surface area contributed by atoms with E-state index < -0.39 is 17.7 Å². The van der Waals surface area contributed by atoms with Gasteiger partial charge in [0.15, 0.2) is 5.78 Å². The lowest BCUT2D eigenvalue weighted by Crippen LogP contribution is -2.38. The minimum Gasteiger partial charge on any atom is -0.496 e. The van der Waals surface area contributed by atoms with Gasteiger partial charge >= 0.3 is 6.18 Å². The molecule has 42 heavy (non-hydrogen) atoms. The van der Waals surface area contributed by atoms with Crippen molar-refractivity contribution in [3.8, 4) is 17.6 Å².